The quantitative estimate of drug-likeness (QED) is 0.223. The Balaban J connectivity index is 0.000000176. The van der Waals surface area contributed by atoms with E-state index in [1.165, 1.54) is 29.3 Å². The van der Waals surface area contributed by atoms with Crippen molar-refractivity contribution in [3.63, 3.8) is 0 Å². The van der Waals surface area contributed by atoms with E-state index in [1.807, 2.05) is 36.4 Å². The molecule has 0 saturated heterocycles. The van der Waals surface area contributed by atoms with Crippen molar-refractivity contribution >= 4 is 21.0 Å². The van der Waals surface area contributed by atoms with E-state index in [9.17, 15) is 8.78 Å². The number of pyridine rings is 1. The third-order valence-electron chi connectivity index (χ3n) is 4.52. The van der Waals surface area contributed by atoms with Gasteiger partial charge in [0.1, 0.15) is 0 Å². The van der Waals surface area contributed by atoms with E-state index >= 15 is 0 Å². The Bertz CT molecular complexity index is 1100. The Morgan fingerprint density at radius 3 is 1.82 bits per heavy atom. The summed E-state index contributed by atoms with van der Waals surface area (Å²) in [6, 6.07) is 30.1. The second kappa shape index (κ2) is 12.9. The maximum absolute atomic E-state index is 13.2. The third-order valence-corrected chi connectivity index (χ3v) is 4.52. The van der Waals surface area contributed by atoms with Crippen LogP contribution >= 0.6 is 9.58 Å². The summed E-state index contributed by atoms with van der Waals surface area (Å²) in [6.45, 7) is 2.07. The van der Waals surface area contributed by atoms with E-state index in [-0.39, 0.29) is 5.56 Å². The third kappa shape index (κ3) is 6.96. The normalized spacial score (nSPS) is 11.9. The summed E-state index contributed by atoms with van der Waals surface area (Å²) in [5, 5.41) is 0. The van der Waals surface area contributed by atoms with Crippen molar-refractivity contribution in [3.8, 4) is 11.3 Å². The second-order valence-electron chi connectivity index (χ2n) is 6.66. The average molecular weight is 639 g/mol. The summed E-state index contributed by atoms with van der Waals surface area (Å²) in [5.41, 5.74) is 2.97. The summed E-state index contributed by atoms with van der Waals surface area (Å²) in [7, 11) is 4.64. The summed E-state index contributed by atoms with van der Waals surface area (Å²) in [5.74, 6) is -1.29. The van der Waals surface area contributed by atoms with E-state index in [2.05, 4.69) is 73.8 Å². The zero-order valence-corrected chi connectivity index (χ0v) is 20.4. The predicted molar refractivity (Wildman–Crippen MR) is 126 cm³/mol. The molecule has 1 aliphatic heterocycles. The van der Waals surface area contributed by atoms with Crippen molar-refractivity contribution in [2.75, 3.05) is 9.80 Å². The summed E-state index contributed by atoms with van der Waals surface area (Å²) >= 11 is 1.47. The van der Waals surface area contributed by atoms with Crippen molar-refractivity contribution in [3.05, 3.63) is 134 Å². The monoisotopic (exact) mass is 639 g/mol. The number of hydrogen-bond donors (Lipinski definition) is 0. The number of anilines is 2. The van der Waals surface area contributed by atoms with Crippen LogP contribution < -0.4 is 9.80 Å². The van der Waals surface area contributed by atoms with Crippen LogP contribution in [0, 0.1) is 24.4 Å². The minimum absolute atomic E-state index is 0.187. The maximum atomic E-state index is 13.2. The first kappa shape index (κ1) is 24.6. The second-order valence-corrected chi connectivity index (χ2v) is 6.66. The molecule has 0 radical (unpaired) electrons. The number of rotatable bonds is 3. The van der Waals surface area contributed by atoms with E-state index in [4.69, 9.17) is 0 Å². The van der Waals surface area contributed by atoms with Crippen LogP contribution in [-0.2, 0) is 17.9 Å². The minimum atomic E-state index is -0.649. The van der Waals surface area contributed by atoms with Crippen LogP contribution in [-0.4, -0.2) is 4.98 Å². The first-order valence-electron chi connectivity index (χ1n) is 9.81. The number of benzene rings is 3. The molecule has 3 aromatic carbocycles. The number of halogens is 3. The van der Waals surface area contributed by atoms with E-state index in [0.717, 1.165) is 12.1 Å². The van der Waals surface area contributed by atoms with Crippen molar-refractivity contribution in [2.45, 2.75) is 0 Å². The Hall–Kier alpha value is -3.05. The molecule has 0 saturated carbocycles. The average Bonchev–Trinajstić information content (AvgIpc) is 3.38. The van der Waals surface area contributed by atoms with Crippen molar-refractivity contribution in [1.82, 2.24) is 4.98 Å². The van der Waals surface area contributed by atoms with Gasteiger partial charge in [0.25, 0.3) is 0 Å². The molecule has 0 amide bonds. The zero-order chi connectivity index (χ0) is 23.5. The molecule has 2 heterocycles. The molecule has 33 heavy (non-hydrogen) atoms. The van der Waals surface area contributed by atoms with Gasteiger partial charge in [0, 0.05) is 29.2 Å². The first-order valence-corrected chi connectivity index (χ1v) is 12.8. The molecule has 3 nitrogen and oxygen atoms in total. The van der Waals surface area contributed by atoms with Gasteiger partial charge in [-0.3, -0.25) is 8.78 Å². The Morgan fingerprint density at radius 1 is 0.788 bits per heavy atom. The molecule has 4 aromatic rings. The van der Waals surface area contributed by atoms with Crippen LogP contribution in [0.25, 0.3) is 11.3 Å². The summed E-state index contributed by atoms with van der Waals surface area (Å²) < 4.78 is 25.8. The van der Waals surface area contributed by atoms with Gasteiger partial charge in [-0.1, -0.05) is 60.2 Å². The van der Waals surface area contributed by atoms with Crippen molar-refractivity contribution < 1.29 is 26.7 Å². The van der Waals surface area contributed by atoms with Crippen LogP contribution in [0.2, 0.25) is 0 Å². The standard InChI is InChI=1S/C15H13N2.C11H6F2N.ClH.Ir/c1-3-7-14(8-4-1)16-11-12-17(13-16)15-9-5-2-6-10-15;12-8-4-5-9(10(13)7-8)11-3-1-2-6-14-11;;/h1-13H;1-4,6-7H;1H;/q2*-1;;+3/p-1. The van der Waals surface area contributed by atoms with Gasteiger partial charge in [0.2, 0.25) is 0 Å². The Kier molecular flexibility index (Phi) is 9.58. The molecule has 1 aliphatic rings. The van der Waals surface area contributed by atoms with E-state index in [0.29, 0.717) is 5.69 Å². The topological polar surface area (TPSA) is 19.4 Å². The summed E-state index contributed by atoms with van der Waals surface area (Å²) in [4.78, 5) is 8.15. The van der Waals surface area contributed by atoms with Crippen molar-refractivity contribution in [1.29, 1.82) is 0 Å². The van der Waals surface area contributed by atoms with Gasteiger partial charge in [-0.15, -0.1) is 18.8 Å². The van der Waals surface area contributed by atoms with Gasteiger partial charge < -0.3 is 14.8 Å². The molecular formula is C26H19ClF2IrN3. The van der Waals surface area contributed by atoms with Gasteiger partial charge in [-0.05, 0) is 48.4 Å². The molecule has 0 unspecified atom stereocenters. The molecule has 0 fully saturated rings. The van der Waals surface area contributed by atoms with E-state index < -0.39 is 11.6 Å². The molecule has 5 rings (SSSR count). The molecular weight excluding hydrogens is 620 g/mol. The Labute approximate surface area is 207 Å². The van der Waals surface area contributed by atoms with Crippen LogP contribution in [0.15, 0.2) is 110 Å². The number of hydrogen-bond acceptors (Lipinski definition) is 3. The van der Waals surface area contributed by atoms with Gasteiger partial charge in [0.15, 0.2) is 0 Å². The number of nitrogens with zero attached hydrogens (tertiary/aromatic N) is 3. The van der Waals surface area contributed by atoms with Gasteiger partial charge in [-0.2, -0.15) is 0 Å². The van der Waals surface area contributed by atoms with Gasteiger partial charge in [-0.25, -0.2) is 0 Å². The molecule has 0 bridgehead atoms. The van der Waals surface area contributed by atoms with Crippen LogP contribution in [0.1, 0.15) is 0 Å². The molecule has 0 aliphatic carbocycles. The molecule has 1 aromatic heterocycles. The predicted octanol–water partition coefficient (Wildman–Crippen LogP) is 7.12. The zero-order valence-electron chi connectivity index (χ0n) is 17.3. The molecule has 168 valence electrons. The number of aromatic nitrogens is 1. The van der Waals surface area contributed by atoms with E-state index in [1.54, 1.807) is 24.4 Å². The molecule has 0 N–H and O–H groups in total. The Morgan fingerprint density at radius 2 is 1.33 bits per heavy atom. The van der Waals surface area contributed by atoms with Crippen LogP contribution in [0.3, 0.4) is 0 Å². The van der Waals surface area contributed by atoms with Crippen molar-refractivity contribution in [2.24, 2.45) is 0 Å². The SMILES string of the molecule is C1=CN(c2ccccc2)[CH-]N1c1ccccc1.Fc1c[c-]c(-c2ccccn2)c(F)c1.[Cl][Ir+2]. The fourth-order valence-electron chi connectivity index (χ4n) is 3.01. The fraction of sp³-hybridized carbons (Fsp3) is 0. The molecule has 7 heteroatoms. The molecule has 0 atom stereocenters. The first-order chi connectivity index (χ1) is 16.2. The summed E-state index contributed by atoms with van der Waals surface area (Å²) in [6.07, 6.45) is 5.66. The molecule has 0 spiro atoms. The van der Waals surface area contributed by atoms with Crippen LogP contribution in [0.5, 0.6) is 0 Å². The fourth-order valence-corrected chi connectivity index (χ4v) is 3.01. The number of para-hydroxylation sites is 2. The van der Waals surface area contributed by atoms with Crippen LogP contribution in [0.4, 0.5) is 20.2 Å². The van der Waals surface area contributed by atoms with Gasteiger partial charge in [0.05, 0.1) is 0 Å². The van der Waals surface area contributed by atoms with Gasteiger partial charge >= 0.3 is 27.5 Å².